The van der Waals surface area contributed by atoms with Crippen LogP contribution >= 0.6 is 15.9 Å². The van der Waals surface area contributed by atoms with Gasteiger partial charge < -0.3 is 4.74 Å². The molecule has 0 aliphatic rings. The Balaban J connectivity index is 1.70. The molecule has 0 aliphatic heterocycles. The lowest BCUT2D eigenvalue weighted by molar-refractivity contribution is 0.116. The van der Waals surface area contributed by atoms with Crippen LogP contribution in [0.4, 0.5) is 0 Å². The van der Waals surface area contributed by atoms with Gasteiger partial charge in [0.15, 0.2) is 0 Å². The van der Waals surface area contributed by atoms with Crippen molar-refractivity contribution in [1.29, 1.82) is 0 Å². The second kappa shape index (κ2) is 17.5. The van der Waals surface area contributed by atoms with Gasteiger partial charge in [-0.1, -0.05) is 117 Å². The molecule has 1 nitrogen and oxygen atoms in total. The van der Waals surface area contributed by atoms with E-state index in [0.29, 0.717) is 0 Å². The van der Waals surface area contributed by atoms with Crippen LogP contribution in [0.2, 0.25) is 0 Å². The minimum Gasteiger partial charge on any atom is -0.377 e. The number of rotatable bonds is 17. The van der Waals surface area contributed by atoms with Crippen molar-refractivity contribution in [2.24, 2.45) is 0 Å². The minimum atomic E-state index is 0.761. The van der Waals surface area contributed by atoms with Gasteiger partial charge in [0.05, 0.1) is 6.61 Å². The summed E-state index contributed by atoms with van der Waals surface area (Å²) in [7, 11) is 0. The molecule has 0 fully saturated rings. The summed E-state index contributed by atoms with van der Waals surface area (Å²) in [5.74, 6) is 0. The standard InChI is InChI=1S/C22H37BrO/c23-19-15-10-8-6-4-2-1-3-5-7-9-11-16-20-24-21-22-17-13-12-14-18-22/h12-14,17-18H,1-11,15-16,19-21H2. The van der Waals surface area contributed by atoms with Crippen molar-refractivity contribution in [3.8, 4) is 0 Å². The molecule has 1 aromatic carbocycles. The molecule has 0 atom stereocenters. The Kier molecular flexibility index (Phi) is 15.8. The smallest absolute Gasteiger partial charge is 0.0716 e. The van der Waals surface area contributed by atoms with E-state index in [0.717, 1.165) is 13.2 Å². The van der Waals surface area contributed by atoms with E-state index in [1.807, 2.05) is 0 Å². The Labute approximate surface area is 158 Å². The van der Waals surface area contributed by atoms with Gasteiger partial charge in [0.2, 0.25) is 0 Å². The van der Waals surface area contributed by atoms with Gasteiger partial charge in [-0.2, -0.15) is 0 Å². The van der Waals surface area contributed by atoms with Gasteiger partial charge in [-0.25, -0.2) is 0 Å². The van der Waals surface area contributed by atoms with Crippen LogP contribution in [-0.2, 0) is 11.3 Å². The summed E-state index contributed by atoms with van der Waals surface area (Å²) in [4.78, 5) is 0. The summed E-state index contributed by atoms with van der Waals surface area (Å²) < 4.78 is 5.72. The zero-order chi connectivity index (χ0) is 17.1. The van der Waals surface area contributed by atoms with E-state index >= 15 is 0 Å². The molecule has 0 aliphatic carbocycles. The van der Waals surface area contributed by atoms with Crippen LogP contribution in [0.3, 0.4) is 0 Å². The van der Waals surface area contributed by atoms with Gasteiger partial charge in [-0.05, 0) is 18.4 Å². The molecule has 0 N–H and O–H groups in total. The number of hydrogen-bond acceptors (Lipinski definition) is 1. The molecule has 1 aromatic rings. The van der Waals surface area contributed by atoms with E-state index < -0.39 is 0 Å². The molecule has 0 spiro atoms. The van der Waals surface area contributed by atoms with Crippen LogP contribution in [0.25, 0.3) is 0 Å². The van der Waals surface area contributed by atoms with Crippen LogP contribution in [0.1, 0.15) is 89.0 Å². The second-order valence-corrected chi connectivity index (χ2v) is 7.62. The second-order valence-electron chi connectivity index (χ2n) is 6.82. The number of alkyl halides is 1. The summed E-state index contributed by atoms with van der Waals surface area (Å²) >= 11 is 3.49. The first-order valence-electron chi connectivity index (χ1n) is 10.1. The van der Waals surface area contributed by atoms with E-state index in [4.69, 9.17) is 4.74 Å². The highest BCUT2D eigenvalue weighted by atomic mass is 79.9. The SMILES string of the molecule is BrCCCCCCCCCCCCCCCOCc1ccccc1. The number of hydrogen-bond donors (Lipinski definition) is 0. The maximum absolute atomic E-state index is 5.72. The fraction of sp³-hybridized carbons (Fsp3) is 0.727. The minimum absolute atomic E-state index is 0.761. The Morgan fingerprint density at radius 2 is 1.04 bits per heavy atom. The summed E-state index contributed by atoms with van der Waals surface area (Å²) in [6.07, 6.45) is 18.1. The van der Waals surface area contributed by atoms with Gasteiger partial charge in [0.1, 0.15) is 0 Å². The first kappa shape index (κ1) is 21.7. The molecule has 0 aromatic heterocycles. The van der Waals surface area contributed by atoms with Crippen molar-refractivity contribution in [1.82, 2.24) is 0 Å². The lowest BCUT2D eigenvalue weighted by atomic mass is 10.0. The Morgan fingerprint density at radius 1 is 0.583 bits per heavy atom. The molecule has 0 unspecified atom stereocenters. The molecule has 0 heterocycles. The van der Waals surface area contributed by atoms with Gasteiger partial charge in [0, 0.05) is 11.9 Å². The quantitative estimate of drug-likeness (QED) is 0.194. The summed E-state index contributed by atoms with van der Waals surface area (Å²) in [6.45, 7) is 1.67. The fourth-order valence-electron chi connectivity index (χ4n) is 3.01. The molecule has 24 heavy (non-hydrogen) atoms. The maximum atomic E-state index is 5.72. The first-order valence-corrected chi connectivity index (χ1v) is 11.2. The van der Waals surface area contributed by atoms with Crippen LogP contribution in [0, 0.1) is 0 Å². The third-order valence-corrected chi connectivity index (χ3v) is 5.09. The highest BCUT2D eigenvalue weighted by molar-refractivity contribution is 9.09. The predicted molar refractivity (Wildman–Crippen MR) is 110 cm³/mol. The summed E-state index contributed by atoms with van der Waals surface area (Å²) in [5, 5.41) is 1.17. The Hall–Kier alpha value is -0.340. The van der Waals surface area contributed by atoms with E-state index in [1.165, 1.54) is 94.4 Å². The number of unbranched alkanes of at least 4 members (excludes halogenated alkanes) is 12. The number of halogens is 1. The van der Waals surface area contributed by atoms with E-state index in [1.54, 1.807) is 0 Å². The van der Waals surface area contributed by atoms with Gasteiger partial charge in [-0.15, -0.1) is 0 Å². The highest BCUT2D eigenvalue weighted by Gasteiger charge is 1.95. The third kappa shape index (κ3) is 14.0. The molecule has 0 radical (unpaired) electrons. The molecule has 0 amide bonds. The monoisotopic (exact) mass is 396 g/mol. The molecular weight excluding hydrogens is 360 g/mol. The van der Waals surface area contributed by atoms with Crippen LogP contribution in [0.15, 0.2) is 30.3 Å². The molecule has 138 valence electrons. The topological polar surface area (TPSA) is 9.23 Å². The van der Waals surface area contributed by atoms with Crippen molar-refractivity contribution in [2.75, 3.05) is 11.9 Å². The van der Waals surface area contributed by atoms with Crippen molar-refractivity contribution in [2.45, 2.75) is 90.1 Å². The van der Waals surface area contributed by atoms with Gasteiger partial charge >= 0.3 is 0 Å². The zero-order valence-electron chi connectivity index (χ0n) is 15.5. The van der Waals surface area contributed by atoms with Gasteiger partial charge in [0.25, 0.3) is 0 Å². The predicted octanol–water partition coefficient (Wildman–Crippen LogP) is 7.67. The average molecular weight is 397 g/mol. The average Bonchev–Trinajstić information content (AvgIpc) is 2.62. The Morgan fingerprint density at radius 3 is 1.54 bits per heavy atom. The lowest BCUT2D eigenvalue weighted by Gasteiger charge is -2.05. The summed E-state index contributed by atoms with van der Waals surface area (Å²) in [5.41, 5.74) is 1.28. The van der Waals surface area contributed by atoms with E-state index in [-0.39, 0.29) is 0 Å². The third-order valence-electron chi connectivity index (χ3n) is 4.53. The summed E-state index contributed by atoms with van der Waals surface area (Å²) in [6, 6.07) is 10.5. The van der Waals surface area contributed by atoms with Crippen molar-refractivity contribution >= 4 is 15.9 Å². The molecule has 2 heteroatoms. The van der Waals surface area contributed by atoms with Crippen LogP contribution in [-0.4, -0.2) is 11.9 Å². The number of ether oxygens (including phenoxy) is 1. The zero-order valence-corrected chi connectivity index (χ0v) is 17.1. The van der Waals surface area contributed by atoms with Crippen molar-refractivity contribution in [3.63, 3.8) is 0 Å². The molecule has 0 saturated heterocycles. The van der Waals surface area contributed by atoms with Crippen molar-refractivity contribution < 1.29 is 4.74 Å². The first-order chi connectivity index (χ1) is 11.9. The molecule has 0 saturated carbocycles. The normalized spacial score (nSPS) is 11.0. The fourth-order valence-corrected chi connectivity index (χ4v) is 3.40. The Bertz CT molecular complexity index is 352. The lowest BCUT2D eigenvalue weighted by Crippen LogP contribution is -1.95. The molecule has 0 bridgehead atoms. The molecule has 1 rings (SSSR count). The van der Waals surface area contributed by atoms with Crippen LogP contribution < -0.4 is 0 Å². The van der Waals surface area contributed by atoms with E-state index in [9.17, 15) is 0 Å². The molecular formula is C22H37BrO. The largest absolute Gasteiger partial charge is 0.377 e. The van der Waals surface area contributed by atoms with Gasteiger partial charge in [-0.3, -0.25) is 0 Å². The number of benzene rings is 1. The maximum Gasteiger partial charge on any atom is 0.0716 e. The van der Waals surface area contributed by atoms with E-state index in [2.05, 4.69) is 46.3 Å². The van der Waals surface area contributed by atoms with Crippen molar-refractivity contribution in [3.05, 3.63) is 35.9 Å². The highest BCUT2D eigenvalue weighted by Crippen LogP contribution is 2.13. The van der Waals surface area contributed by atoms with Crippen LogP contribution in [0.5, 0.6) is 0 Å².